The van der Waals surface area contributed by atoms with Crippen LogP contribution in [-0.4, -0.2) is 24.2 Å². The molecule has 1 aromatic rings. The van der Waals surface area contributed by atoms with E-state index in [1.54, 1.807) is 7.11 Å². The number of carbonyl (C=O) groups excluding carboxylic acids is 1. The number of aryl methyl sites for hydroxylation is 1. The van der Waals surface area contributed by atoms with E-state index in [0.29, 0.717) is 6.54 Å². The summed E-state index contributed by atoms with van der Waals surface area (Å²) in [5, 5.41) is 12.6. The number of nitrogens with one attached hydrogen (secondary N) is 1. The van der Waals surface area contributed by atoms with Gasteiger partial charge in [-0.25, -0.2) is 0 Å². The highest BCUT2D eigenvalue weighted by atomic mass is 16.5. The van der Waals surface area contributed by atoms with Crippen molar-refractivity contribution in [2.45, 2.75) is 38.8 Å². The summed E-state index contributed by atoms with van der Waals surface area (Å²) in [5.41, 5.74) is 2.08. The molecule has 2 N–H and O–H groups in total. The van der Waals surface area contributed by atoms with Gasteiger partial charge in [-0.15, -0.1) is 0 Å². The maximum absolute atomic E-state index is 11.9. The maximum atomic E-state index is 11.9. The summed E-state index contributed by atoms with van der Waals surface area (Å²) in [4.78, 5) is 11.9. The average molecular weight is 263 g/mol. The van der Waals surface area contributed by atoms with Crippen LogP contribution in [0.4, 0.5) is 0 Å². The maximum Gasteiger partial charge on any atom is 0.225 e. The van der Waals surface area contributed by atoms with Crippen molar-refractivity contribution < 1.29 is 14.6 Å². The smallest absolute Gasteiger partial charge is 0.225 e. The van der Waals surface area contributed by atoms with Crippen LogP contribution in [0.15, 0.2) is 18.2 Å². The Labute approximate surface area is 113 Å². The number of aliphatic hydroxyl groups is 1. The van der Waals surface area contributed by atoms with E-state index in [1.807, 2.05) is 25.1 Å². The lowest BCUT2D eigenvalue weighted by molar-refractivity contribution is -0.127. The summed E-state index contributed by atoms with van der Waals surface area (Å²) >= 11 is 0. The first-order valence-corrected chi connectivity index (χ1v) is 6.71. The molecule has 0 bridgehead atoms. The van der Waals surface area contributed by atoms with Gasteiger partial charge in [0.15, 0.2) is 0 Å². The number of hydrogen-bond donors (Lipinski definition) is 2. The number of ether oxygens (including phenoxy) is 1. The zero-order valence-corrected chi connectivity index (χ0v) is 11.5. The number of carbonyl (C=O) groups is 1. The molecule has 0 aromatic heterocycles. The topological polar surface area (TPSA) is 58.6 Å². The van der Waals surface area contributed by atoms with E-state index in [-0.39, 0.29) is 11.8 Å². The third kappa shape index (κ3) is 3.26. The monoisotopic (exact) mass is 263 g/mol. The van der Waals surface area contributed by atoms with Crippen molar-refractivity contribution in [1.82, 2.24) is 5.32 Å². The molecule has 1 saturated carbocycles. The third-order valence-electron chi connectivity index (χ3n) is 3.76. The van der Waals surface area contributed by atoms with Gasteiger partial charge in [0.1, 0.15) is 5.75 Å². The molecule has 0 radical (unpaired) electrons. The van der Waals surface area contributed by atoms with Gasteiger partial charge in [-0.1, -0.05) is 12.1 Å². The Kier molecular flexibility index (Phi) is 4.43. The van der Waals surface area contributed by atoms with E-state index in [0.717, 1.165) is 36.1 Å². The van der Waals surface area contributed by atoms with Crippen LogP contribution in [0, 0.1) is 12.8 Å². The highest BCUT2D eigenvalue weighted by molar-refractivity contribution is 5.79. The van der Waals surface area contributed by atoms with Crippen LogP contribution in [0.5, 0.6) is 5.75 Å². The van der Waals surface area contributed by atoms with E-state index >= 15 is 0 Å². The van der Waals surface area contributed by atoms with Gasteiger partial charge in [0, 0.05) is 6.54 Å². The van der Waals surface area contributed by atoms with Crippen molar-refractivity contribution in [3.05, 3.63) is 29.3 Å². The van der Waals surface area contributed by atoms with E-state index in [1.165, 1.54) is 0 Å². The average Bonchev–Trinajstić information content (AvgIpc) is 2.83. The van der Waals surface area contributed by atoms with Crippen molar-refractivity contribution >= 4 is 5.91 Å². The van der Waals surface area contributed by atoms with Crippen LogP contribution in [0.25, 0.3) is 0 Å². The molecule has 4 nitrogen and oxygen atoms in total. The van der Waals surface area contributed by atoms with Crippen molar-refractivity contribution in [1.29, 1.82) is 0 Å². The van der Waals surface area contributed by atoms with Gasteiger partial charge < -0.3 is 15.2 Å². The molecule has 1 aliphatic rings. The van der Waals surface area contributed by atoms with E-state index in [2.05, 4.69) is 5.32 Å². The van der Waals surface area contributed by atoms with Crippen LogP contribution in [0.3, 0.4) is 0 Å². The van der Waals surface area contributed by atoms with Crippen molar-refractivity contribution in [3.8, 4) is 5.75 Å². The Morgan fingerprint density at radius 1 is 1.47 bits per heavy atom. The first kappa shape index (κ1) is 13.9. The molecule has 104 valence electrons. The summed E-state index contributed by atoms with van der Waals surface area (Å²) in [5.74, 6) is 0.532. The highest BCUT2D eigenvalue weighted by Gasteiger charge is 2.31. The molecule has 0 saturated heterocycles. The molecule has 1 fully saturated rings. The summed E-state index contributed by atoms with van der Waals surface area (Å²) in [7, 11) is 1.64. The highest BCUT2D eigenvalue weighted by Crippen LogP contribution is 2.25. The van der Waals surface area contributed by atoms with Crippen molar-refractivity contribution in [2.75, 3.05) is 7.11 Å². The third-order valence-corrected chi connectivity index (χ3v) is 3.76. The summed E-state index contributed by atoms with van der Waals surface area (Å²) in [6.45, 7) is 2.45. The molecule has 0 heterocycles. The Morgan fingerprint density at radius 3 is 2.89 bits per heavy atom. The van der Waals surface area contributed by atoms with Gasteiger partial charge >= 0.3 is 0 Å². The summed E-state index contributed by atoms with van der Waals surface area (Å²) in [6, 6.07) is 5.88. The lowest BCUT2D eigenvalue weighted by Gasteiger charge is -2.15. The second kappa shape index (κ2) is 6.06. The molecule has 1 aliphatic carbocycles. The lowest BCUT2D eigenvalue weighted by atomic mass is 10.0. The number of methoxy groups -OCH3 is 1. The van der Waals surface area contributed by atoms with Crippen LogP contribution in [0.1, 0.15) is 30.4 Å². The minimum absolute atomic E-state index is 0.0514. The van der Waals surface area contributed by atoms with E-state index < -0.39 is 6.10 Å². The second-order valence-electron chi connectivity index (χ2n) is 5.13. The molecule has 2 unspecified atom stereocenters. The van der Waals surface area contributed by atoms with Crippen LogP contribution in [0.2, 0.25) is 0 Å². The molecule has 2 rings (SSSR count). The van der Waals surface area contributed by atoms with Gasteiger partial charge in [-0.3, -0.25) is 4.79 Å². The molecule has 0 aliphatic heterocycles. The van der Waals surface area contributed by atoms with E-state index in [4.69, 9.17) is 4.74 Å². The van der Waals surface area contributed by atoms with Gasteiger partial charge in [0.25, 0.3) is 0 Å². The van der Waals surface area contributed by atoms with Crippen molar-refractivity contribution in [2.24, 2.45) is 5.92 Å². The fraction of sp³-hybridized carbons (Fsp3) is 0.533. The van der Waals surface area contributed by atoms with Gasteiger partial charge in [0.05, 0.1) is 19.1 Å². The van der Waals surface area contributed by atoms with Gasteiger partial charge in [-0.2, -0.15) is 0 Å². The zero-order valence-electron chi connectivity index (χ0n) is 11.5. The van der Waals surface area contributed by atoms with Crippen LogP contribution < -0.4 is 10.1 Å². The number of aliphatic hydroxyl groups excluding tert-OH is 1. The van der Waals surface area contributed by atoms with Gasteiger partial charge in [-0.05, 0) is 43.4 Å². The molecular weight excluding hydrogens is 242 g/mol. The second-order valence-corrected chi connectivity index (χ2v) is 5.13. The fourth-order valence-corrected chi connectivity index (χ4v) is 2.54. The van der Waals surface area contributed by atoms with Crippen molar-refractivity contribution in [3.63, 3.8) is 0 Å². The molecule has 1 aromatic carbocycles. The Hall–Kier alpha value is -1.55. The molecule has 1 amide bonds. The Morgan fingerprint density at radius 2 is 2.26 bits per heavy atom. The predicted molar refractivity (Wildman–Crippen MR) is 72.9 cm³/mol. The number of rotatable bonds is 4. The minimum Gasteiger partial charge on any atom is -0.496 e. The first-order chi connectivity index (χ1) is 9.11. The normalized spacial score (nSPS) is 22.3. The molecule has 2 atom stereocenters. The number of amides is 1. The van der Waals surface area contributed by atoms with E-state index in [9.17, 15) is 9.90 Å². The summed E-state index contributed by atoms with van der Waals surface area (Å²) in [6.07, 6.45) is 1.96. The lowest BCUT2D eigenvalue weighted by Crippen LogP contribution is -2.34. The van der Waals surface area contributed by atoms with Crippen LogP contribution >= 0.6 is 0 Å². The zero-order chi connectivity index (χ0) is 13.8. The molecule has 19 heavy (non-hydrogen) atoms. The molecular formula is C15H21NO3. The first-order valence-electron chi connectivity index (χ1n) is 6.71. The predicted octanol–water partition coefficient (Wildman–Crippen LogP) is 1.78. The standard InChI is InChI=1S/C15H21NO3/c1-10-6-7-11(8-14(10)19-2)9-16-15(18)12-4-3-5-13(12)17/h6-8,12-13,17H,3-5,9H2,1-2H3,(H,16,18). The SMILES string of the molecule is COc1cc(CNC(=O)C2CCCC2O)ccc1C. The van der Waals surface area contributed by atoms with Crippen LogP contribution in [-0.2, 0) is 11.3 Å². The largest absolute Gasteiger partial charge is 0.496 e. The summed E-state index contributed by atoms with van der Waals surface area (Å²) < 4.78 is 5.26. The quantitative estimate of drug-likeness (QED) is 0.870. The van der Waals surface area contributed by atoms with Gasteiger partial charge in [0.2, 0.25) is 5.91 Å². The molecule has 4 heteroatoms. The Bertz CT molecular complexity index is 459. The minimum atomic E-state index is -0.479. The number of hydrogen-bond acceptors (Lipinski definition) is 3. The Balaban J connectivity index is 1.93. The molecule has 0 spiro atoms. The fourth-order valence-electron chi connectivity index (χ4n) is 2.54. The number of benzene rings is 1.